The van der Waals surface area contributed by atoms with Crippen LogP contribution in [0, 0.1) is 0 Å². The van der Waals surface area contributed by atoms with E-state index in [1.54, 1.807) is 18.2 Å². The summed E-state index contributed by atoms with van der Waals surface area (Å²) in [7, 11) is 1.53. The molecular formula is C14H10Cl4O. The van der Waals surface area contributed by atoms with Crippen molar-refractivity contribution in [2.24, 2.45) is 0 Å². The molecule has 1 nitrogen and oxygen atoms in total. The minimum absolute atomic E-state index is 0.458. The molecule has 5 heteroatoms. The van der Waals surface area contributed by atoms with Gasteiger partial charge >= 0.3 is 0 Å². The van der Waals surface area contributed by atoms with Crippen LogP contribution in [-0.4, -0.2) is 7.11 Å². The van der Waals surface area contributed by atoms with Gasteiger partial charge in [0.2, 0.25) is 0 Å². The SMILES string of the molecule is COc1cc(Cl)c(C(Cl)c2ccccc2Cl)cc1Cl. The third-order valence-corrected chi connectivity index (χ3v) is 4.16. The van der Waals surface area contributed by atoms with Crippen LogP contribution in [0.5, 0.6) is 5.75 Å². The summed E-state index contributed by atoms with van der Waals surface area (Å²) in [5, 5.41) is 1.07. The largest absolute Gasteiger partial charge is 0.495 e. The van der Waals surface area contributed by atoms with Gasteiger partial charge in [0, 0.05) is 16.1 Å². The van der Waals surface area contributed by atoms with Gasteiger partial charge in [0.05, 0.1) is 17.5 Å². The minimum Gasteiger partial charge on any atom is -0.495 e. The Morgan fingerprint density at radius 2 is 1.58 bits per heavy atom. The number of rotatable bonds is 3. The third-order valence-electron chi connectivity index (χ3n) is 2.72. The van der Waals surface area contributed by atoms with Gasteiger partial charge in [0.25, 0.3) is 0 Å². The van der Waals surface area contributed by atoms with E-state index >= 15 is 0 Å². The molecule has 0 aliphatic heterocycles. The zero-order valence-electron chi connectivity index (χ0n) is 9.96. The Kier molecular flexibility index (Phi) is 4.86. The van der Waals surface area contributed by atoms with Crippen molar-refractivity contribution in [3.05, 3.63) is 62.6 Å². The summed E-state index contributed by atoms with van der Waals surface area (Å²) in [5.41, 5.74) is 1.48. The van der Waals surface area contributed by atoms with E-state index in [1.807, 2.05) is 18.2 Å². The molecular weight excluding hydrogens is 326 g/mol. The average Bonchev–Trinajstić information content (AvgIpc) is 2.40. The molecule has 2 rings (SSSR count). The fourth-order valence-corrected chi connectivity index (χ4v) is 2.98. The van der Waals surface area contributed by atoms with Gasteiger partial charge in [-0.3, -0.25) is 0 Å². The number of alkyl halides is 1. The molecule has 0 radical (unpaired) electrons. The maximum atomic E-state index is 6.44. The molecule has 1 unspecified atom stereocenters. The first-order valence-electron chi connectivity index (χ1n) is 5.46. The Balaban J connectivity index is 2.48. The molecule has 0 spiro atoms. The highest BCUT2D eigenvalue weighted by atomic mass is 35.5. The highest BCUT2D eigenvalue weighted by Crippen LogP contribution is 2.40. The molecule has 0 aliphatic carbocycles. The second-order valence-corrected chi connectivity index (χ2v) is 5.55. The van der Waals surface area contributed by atoms with E-state index in [2.05, 4.69) is 0 Å². The van der Waals surface area contributed by atoms with Crippen LogP contribution in [0.25, 0.3) is 0 Å². The Morgan fingerprint density at radius 1 is 0.895 bits per heavy atom. The second kappa shape index (κ2) is 6.23. The normalized spacial score (nSPS) is 12.3. The van der Waals surface area contributed by atoms with Crippen molar-refractivity contribution >= 4 is 46.4 Å². The van der Waals surface area contributed by atoms with Crippen molar-refractivity contribution in [1.82, 2.24) is 0 Å². The molecule has 1 atom stereocenters. The Morgan fingerprint density at radius 3 is 2.21 bits per heavy atom. The Labute approximate surface area is 132 Å². The molecule has 0 N–H and O–H groups in total. The maximum Gasteiger partial charge on any atom is 0.138 e. The van der Waals surface area contributed by atoms with Crippen LogP contribution < -0.4 is 4.74 Å². The van der Waals surface area contributed by atoms with Gasteiger partial charge in [-0.2, -0.15) is 0 Å². The minimum atomic E-state index is -0.468. The summed E-state index contributed by atoms with van der Waals surface area (Å²) in [6, 6.07) is 10.7. The first-order chi connectivity index (χ1) is 9.04. The molecule has 2 aromatic rings. The summed E-state index contributed by atoms with van der Waals surface area (Å²) in [6.45, 7) is 0. The lowest BCUT2D eigenvalue weighted by molar-refractivity contribution is 0.415. The van der Waals surface area contributed by atoms with E-state index < -0.39 is 5.38 Å². The number of benzene rings is 2. The lowest BCUT2D eigenvalue weighted by atomic mass is 10.0. The smallest absolute Gasteiger partial charge is 0.138 e. The first kappa shape index (κ1) is 14.8. The van der Waals surface area contributed by atoms with Crippen LogP contribution in [0.15, 0.2) is 36.4 Å². The van der Waals surface area contributed by atoms with Crippen LogP contribution in [0.2, 0.25) is 15.1 Å². The topological polar surface area (TPSA) is 9.23 Å². The molecule has 19 heavy (non-hydrogen) atoms. The fourth-order valence-electron chi connectivity index (χ4n) is 1.74. The molecule has 0 aliphatic rings. The summed E-state index contributed by atoms with van der Waals surface area (Å²) < 4.78 is 5.10. The lowest BCUT2D eigenvalue weighted by Gasteiger charge is -2.15. The zero-order chi connectivity index (χ0) is 14.0. The number of hydrogen-bond donors (Lipinski definition) is 0. The van der Waals surface area contributed by atoms with Crippen molar-refractivity contribution in [3.63, 3.8) is 0 Å². The van der Waals surface area contributed by atoms with Gasteiger partial charge in [0.15, 0.2) is 0 Å². The average molecular weight is 336 g/mol. The van der Waals surface area contributed by atoms with Gasteiger partial charge < -0.3 is 4.74 Å². The number of ether oxygens (including phenoxy) is 1. The number of methoxy groups -OCH3 is 1. The molecule has 0 fully saturated rings. The number of hydrogen-bond acceptors (Lipinski definition) is 1. The van der Waals surface area contributed by atoms with Crippen molar-refractivity contribution < 1.29 is 4.74 Å². The highest BCUT2D eigenvalue weighted by molar-refractivity contribution is 6.36. The quantitative estimate of drug-likeness (QED) is 0.626. The van der Waals surface area contributed by atoms with Crippen molar-refractivity contribution in [2.45, 2.75) is 5.38 Å². The van der Waals surface area contributed by atoms with Crippen LogP contribution >= 0.6 is 46.4 Å². The van der Waals surface area contributed by atoms with Crippen LogP contribution in [0.4, 0.5) is 0 Å². The molecule has 0 aromatic heterocycles. The van der Waals surface area contributed by atoms with Gasteiger partial charge in [-0.05, 0) is 23.3 Å². The van der Waals surface area contributed by atoms with Gasteiger partial charge in [-0.25, -0.2) is 0 Å². The van der Waals surface area contributed by atoms with E-state index in [0.29, 0.717) is 26.4 Å². The van der Waals surface area contributed by atoms with E-state index in [0.717, 1.165) is 5.56 Å². The van der Waals surface area contributed by atoms with Crippen LogP contribution in [0.3, 0.4) is 0 Å². The zero-order valence-corrected chi connectivity index (χ0v) is 13.0. The Bertz CT molecular complexity index is 598. The van der Waals surface area contributed by atoms with Crippen molar-refractivity contribution in [3.8, 4) is 5.75 Å². The van der Waals surface area contributed by atoms with Crippen molar-refractivity contribution in [1.29, 1.82) is 0 Å². The molecule has 0 saturated carbocycles. The Hall–Kier alpha value is -0.600. The summed E-state index contributed by atoms with van der Waals surface area (Å²) in [4.78, 5) is 0. The predicted octanol–water partition coefficient (Wildman–Crippen LogP) is 5.98. The molecule has 0 amide bonds. The second-order valence-electron chi connectivity index (χ2n) is 3.89. The molecule has 2 aromatic carbocycles. The third kappa shape index (κ3) is 3.11. The van der Waals surface area contributed by atoms with E-state index in [4.69, 9.17) is 51.1 Å². The molecule has 0 heterocycles. The van der Waals surface area contributed by atoms with E-state index in [1.165, 1.54) is 7.11 Å². The predicted molar refractivity (Wildman–Crippen MR) is 82.2 cm³/mol. The van der Waals surface area contributed by atoms with E-state index in [-0.39, 0.29) is 0 Å². The van der Waals surface area contributed by atoms with Crippen LogP contribution in [-0.2, 0) is 0 Å². The highest BCUT2D eigenvalue weighted by Gasteiger charge is 2.19. The molecule has 0 saturated heterocycles. The summed E-state index contributed by atoms with van der Waals surface area (Å²) >= 11 is 24.9. The lowest BCUT2D eigenvalue weighted by Crippen LogP contribution is -1.97. The molecule has 100 valence electrons. The van der Waals surface area contributed by atoms with Crippen molar-refractivity contribution in [2.75, 3.05) is 7.11 Å². The van der Waals surface area contributed by atoms with E-state index in [9.17, 15) is 0 Å². The van der Waals surface area contributed by atoms with Gasteiger partial charge in [-0.15, -0.1) is 11.6 Å². The summed E-state index contributed by atoms with van der Waals surface area (Å²) in [5.74, 6) is 0.512. The van der Waals surface area contributed by atoms with Gasteiger partial charge in [-0.1, -0.05) is 53.0 Å². The molecule has 0 bridgehead atoms. The number of halogens is 4. The standard InChI is InChI=1S/C14H10Cl4O/c1-19-13-7-11(16)9(6-12(13)17)14(18)8-4-2-3-5-10(8)15/h2-7,14H,1H3. The maximum absolute atomic E-state index is 6.44. The fraction of sp³-hybridized carbons (Fsp3) is 0.143. The first-order valence-corrected chi connectivity index (χ1v) is 7.03. The van der Waals surface area contributed by atoms with Crippen LogP contribution in [0.1, 0.15) is 16.5 Å². The summed E-state index contributed by atoms with van der Waals surface area (Å²) in [6.07, 6.45) is 0. The van der Waals surface area contributed by atoms with Gasteiger partial charge in [0.1, 0.15) is 5.75 Å². The monoisotopic (exact) mass is 334 g/mol.